The Morgan fingerprint density at radius 1 is 1.13 bits per heavy atom. The van der Waals surface area contributed by atoms with Gasteiger partial charge in [-0.2, -0.15) is 0 Å². The molecule has 1 N–H and O–H groups in total. The Morgan fingerprint density at radius 3 is 2.67 bits per heavy atom. The molecule has 0 bridgehead atoms. The van der Waals surface area contributed by atoms with Gasteiger partial charge in [0, 0.05) is 12.4 Å². The zero-order chi connectivity index (χ0) is 21.1. The second-order valence-corrected chi connectivity index (χ2v) is 7.16. The van der Waals surface area contributed by atoms with Gasteiger partial charge in [0.15, 0.2) is 6.61 Å². The van der Waals surface area contributed by atoms with Crippen molar-refractivity contribution in [1.82, 2.24) is 10.3 Å². The molecule has 0 unspecified atom stereocenters. The summed E-state index contributed by atoms with van der Waals surface area (Å²) in [6.07, 6.45) is 4.34. The fourth-order valence-corrected chi connectivity index (χ4v) is 3.74. The molecule has 1 heterocycles. The molecule has 0 spiro atoms. The average molecular weight is 404 g/mol. The Morgan fingerprint density at radius 2 is 1.90 bits per heavy atom. The highest BCUT2D eigenvalue weighted by Crippen LogP contribution is 2.36. The van der Waals surface area contributed by atoms with E-state index in [9.17, 15) is 14.0 Å². The number of rotatable bonds is 4. The van der Waals surface area contributed by atoms with Crippen molar-refractivity contribution in [1.29, 1.82) is 0 Å². The van der Waals surface area contributed by atoms with Crippen molar-refractivity contribution >= 4 is 34.4 Å². The topological polar surface area (TPSA) is 68.3 Å². The number of aromatic nitrogens is 1. The van der Waals surface area contributed by atoms with Crippen LogP contribution in [0.4, 0.5) is 4.39 Å². The third-order valence-electron chi connectivity index (χ3n) is 5.20. The molecule has 0 saturated heterocycles. The number of benzene rings is 2. The van der Waals surface area contributed by atoms with Crippen LogP contribution in [0, 0.1) is 5.82 Å². The summed E-state index contributed by atoms with van der Waals surface area (Å²) in [7, 11) is 1.49. The second-order valence-electron chi connectivity index (χ2n) is 7.16. The first kappa shape index (κ1) is 19.8. The summed E-state index contributed by atoms with van der Waals surface area (Å²) < 4.78 is 18.5. The lowest BCUT2D eigenvalue weighted by Crippen LogP contribution is -2.26. The molecule has 0 saturated carbocycles. The summed E-state index contributed by atoms with van der Waals surface area (Å²) in [6.45, 7) is -0.334. The van der Waals surface area contributed by atoms with E-state index in [4.69, 9.17) is 9.72 Å². The highest BCUT2D eigenvalue weighted by molar-refractivity contribution is 6.07. The van der Waals surface area contributed by atoms with Crippen molar-refractivity contribution in [2.24, 2.45) is 0 Å². The minimum Gasteiger partial charge on any atom is -0.452 e. The average Bonchev–Trinajstić information content (AvgIpc) is 2.77. The number of hydrogen-bond acceptors (Lipinski definition) is 4. The number of allylic oxidation sites excluding steroid dienone is 1. The highest BCUT2D eigenvalue weighted by Gasteiger charge is 2.26. The molecule has 0 fully saturated rings. The van der Waals surface area contributed by atoms with Gasteiger partial charge in [0.25, 0.3) is 5.91 Å². The van der Waals surface area contributed by atoms with Crippen molar-refractivity contribution in [3.05, 3.63) is 76.7 Å². The first-order valence-electron chi connectivity index (χ1n) is 9.82. The van der Waals surface area contributed by atoms with Crippen molar-refractivity contribution in [3.63, 3.8) is 0 Å². The molecular formula is C24H21FN2O3. The number of amides is 1. The van der Waals surface area contributed by atoms with Gasteiger partial charge in [-0.1, -0.05) is 30.3 Å². The van der Waals surface area contributed by atoms with Gasteiger partial charge in [-0.15, -0.1) is 0 Å². The van der Waals surface area contributed by atoms with Crippen molar-refractivity contribution in [2.75, 3.05) is 13.7 Å². The molecular weight excluding hydrogens is 383 g/mol. The molecule has 1 aromatic heterocycles. The Balaban J connectivity index is 1.83. The molecule has 0 atom stereocenters. The molecule has 5 nitrogen and oxygen atoms in total. The van der Waals surface area contributed by atoms with E-state index in [1.165, 1.54) is 19.2 Å². The number of halogens is 1. The number of fused-ring (bicyclic) bond motifs is 2. The molecule has 2 aromatic carbocycles. The number of carbonyl (C=O) groups excluding carboxylic acids is 2. The maximum Gasteiger partial charge on any atom is 0.339 e. The lowest BCUT2D eigenvalue weighted by molar-refractivity contribution is -0.123. The van der Waals surface area contributed by atoms with E-state index in [1.807, 2.05) is 30.3 Å². The van der Waals surface area contributed by atoms with Crippen LogP contribution in [0.5, 0.6) is 0 Å². The second kappa shape index (κ2) is 8.45. The fraction of sp³-hybridized carbons (Fsp3) is 0.208. The molecule has 4 rings (SSSR count). The van der Waals surface area contributed by atoms with E-state index < -0.39 is 5.97 Å². The van der Waals surface area contributed by atoms with E-state index in [2.05, 4.69) is 5.32 Å². The maximum atomic E-state index is 13.3. The van der Waals surface area contributed by atoms with Gasteiger partial charge in [-0.25, -0.2) is 14.2 Å². The normalized spacial score (nSPS) is 14.4. The summed E-state index contributed by atoms with van der Waals surface area (Å²) in [6, 6.07) is 13.7. The third-order valence-corrected chi connectivity index (χ3v) is 5.20. The summed E-state index contributed by atoms with van der Waals surface area (Å²) in [5.74, 6) is -1.18. The smallest absolute Gasteiger partial charge is 0.339 e. The number of carbonyl (C=O) groups is 2. The molecule has 0 radical (unpaired) electrons. The number of para-hydroxylation sites is 1. The number of nitrogens with one attached hydrogen (secondary N) is 1. The van der Waals surface area contributed by atoms with E-state index in [0.29, 0.717) is 22.9 Å². The van der Waals surface area contributed by atoms with Crippen LogP contribution in [-0.4, -0.2) is 30.5 Å². The predicted molar refractivity (Wildman–Crippen MR) is 113 cm³/mol. The van der Waals surface area contributed by atoms with Crippen LogP contribution in [0.25, 0.3) is 22.6 Å². The minimum absolute atomic E-state index is 0.286. The van der Waals surface area contributed by atoms with E-state index in [1.54, 1.807) is 12.1 Å². The Hall–Kier alpha value is -3.54. The summed E-state index contributed by atoms with van der Waals surface area (Å²) in [5.41, 5.74) is 4.61. The predicted octanol–water partition coefficient (Wildman–Crippen LogP) is 4.15. The Labute approximate surface area is 173 Å². The van der Waals surface area contributed by atoms with Crippen LogP contribution >= 0.6 is 0 Å². The maximum absolute atomic E-state index is 13.3. The van der Waals surface area contributed by atoms with Gasteiger partial charge in [0.2, 0.25) is 0 Å². The quantitative estimate of drug-likeness (QED) is 0.663. The molecule has 6 heteroatoms. The third kappa shape index (κ3) is 3.94. The van der Waals surface area contributed by atoms with Crippen LogP contribution < -0.4 is 5.32 Å². The van der Waals surface area contributed by atoms with E-state index >= 15 is 0 Å². The largest absolute Gasteiger partial charge is 0.452 e. The molecule has 30 heavy (non-hydrogen) atoms. The SMILES string of the molecule is CNC(=O)COC(=O)c1c2c(nc3ccccc13)C(=Cc1ccc(F)cc1)CCC2. The molecule has 152 valence electrons. The van der Waals surface area contributed by atoms with Gasteiger partial charge in [-0.05, 0) is 60.2 Å². The number of nitrogens with zero attached hydrogens (tertiary/aromatic N) is 1. The van der Waals surface area contributed by atoms with E-state index in [0.717, 1.165) is 35.2 Å². The van der Waals surface area contributed by atoms with Crippen molar-refractivity contribution < 1.29 is 18.7 Å². The summed E-state index contributed by atoms with van der Waals surface area (Å²) in [4.78, 5) is 29.3. The standard InChI is InChI=1S/C24H21FN2O3/c1-26-21(28)14-30-24(29)22-18-6-2-3-8-20(18)27-23-16(5-4-7-19(22)23)13-15-9-11-17(25)12-10-15/h2-3,6,8-13H,4-5,7,14H2,1H3,(H,26,28). The van der Waals surface area contributed by atoms with Crippen molar-refractivity contribution in [3.8, 4) is 0 Å². The van der Waals surface area contributed by atoms with Gasteiger partial charge in [-0.3, -0.25) is 4.79 Å². The molecule has 1 aliphatic rings. The number of pyridine rings is 1. The highest BCUT2D eigenvalue weighted by atomic mass is 19.1. The van der Waals surface area contributed by atoms with Crippen LogP contribution in [-0.2, 0) is 16.0 Å². The fourth-order valence-electron chi connectivity index (χ4n) is 3.74. The Kier molecular flexibility index (Phi) is 5.57. The van der Waals surface area contributed by atoms with Gasteiger partial charge in [0.05, 0.1) is 16.8 Å². The number of likely N-dealkylation sites (N-methyl/N-ethyl adjacent to an activating group) is 1. The van der Waals surface area contributed by atoms with Gasteiger partial charge < -0.3 is 10.1 Å². The van der Waals surface area contributed by atoms with Gasteiger partial charge in [0.1, 0.15) is 5.82 Å². The number of ether oxygens (including phenoxy) is 1. The van der Waals surface area contributed by atoms with Crippen molar-refractivity contribution in [2.45, 2.75) is 19.3 Å². The summed E-state index contributed by atoms with van der Waals surface area (Å²) in [5, 5.41) is 3.15. The van der Waals surface area contributed by atoms with Crippen LogP contribution in [0.1, 0.15) is 40.0 Å². The van der Waals surface area contributed by atoms with Crippen LogP contribution in [0.2, 0.25) is 0 Å². The first-order valence-corrected chi connectivity index (χ1v) is 9.82. The van der Waals surface area contributed by atoms with Crippen LogP contribution in [0.15, 0.2) is 48.5 Å². The first-order chi connectivity index (χ1) is 14.6. The Bertz CT molecular complexity index is 1150. The molecule has 1 amide bonds. The molecule has 1 aliphatic carbocycles. The van der Waals surface area contributed by atoms with Gasteiger partial charge >= 0.3 is 5.97 Å². The minimum atomic E-state index is -0.531. The molecule has 0 aliphatic heterocycles. The monoisotopic (exact) mass is 404 g/mol. The summed E-state index contributed by atoms with van der Waals surface area (Å²) >= 11 is 0. The zero-order valence-corrected chi connectivity index (χ0v) is 16.6. The molecule has 3 aromatic rings. The zero-order valence-electron chi connectivity index (χ0n) is 16.6. The number of hydrogen-bond donors (Lipinski definition) is 1. The van der Waals surface area contributed by atoms with E-state index in [-0.39, 0.29) is 18.3 Å². The number of esters is 1. The van der Waals surface area contributed by atoms with Crippen LogP contribution in [0.3, 0.4) is 0 Å². The lowest BCUT2D eigenvalue weighted by atomic mass is 9.86. The lowest BCUT2D eigenvalue weighted by Gasteiger charge is -2.22.